The normalized spacial score (nSPS) is 17.0. The van der Waals surface area contributed by atoms with Gasteiger partial charge in [0.05, 0.1) is 5.41 Å². The molecule has 2 amide bonds. The van der Waals surface area contributed by atoms with Crippen LogP contribution in [0, 0.1) is 11.3 Å². The van der Waals surface area contributed by atoms with Crippen LogP contribution in [0.5, 0.6) is 0 Å². The average molecular weight is 359 g/mol. The van der Waals surface area contributed by atoms with E-state index in [2.05, 4.69) is 24.5 Å². The van der Waals surface area contributed by atoms with Crippen LogP contribution in [0.2, 0.25) is 0 Å². The van der Waals surface area contributed by atoms with Gasteiger partial charge in [-0.1, -0.05) is 66.0 Å². The van der Waals surface area contributed by atoms with Crippen molar-refractivity contribution in [1.82, 2.24) is 5.32 Å². The first-order valence-corrected chi connectivity index (χ1v) is 9.85. The third-order valence-electron chi connectivity index (χ3n) is 5.19. The minimum atomic E-state index is -0.431. The monoisotopic (exact) mass is 358 g/mol. The summed E-state index contributed by atoms with van der Waals surface area (Å²) in [5, 5.41) is 6.10. The molecule has 1 aliphatic rings. The summed E-state index contributed by atoms with van der Waals surface area (Å²) in [5.74, 6) is 0.583. The van der Waals surface area contributed by atoms with Crippen molar-refractivity contribution >= 4 is 17.5 Å². The standard InChI is InChI=1S/C22H34N2O2/c1-16(2)15-23-20(26)22(13-7-6-8-14-22)17-9-11-18(12-10-17)24-19(25)21(3,4)5/h9-12,16H,6-8,13-15H2,1-5H3,(H,23,26)(H,24,25). The second-order valence-corrected chi connectivity index (χ2v) is 9.03. The minimum absolute atomic E-state index is 0.00712. The average Bonchev–Trinajstić information content (AvgIpc) is 2.60. The Labute approximate surface area is 158 Å². The molecule has 1 aromatic carbocycles. The Morgan fingerprint density at radius 2 is 1.62 bits per heavy atom. The van der Waals surface area contributed by atoms with Gasteiger partial charge in [0.15, 0.2) is 0 Å². The predicted octanol–water partition coefficient (Wildman–Crippen LogP) is 4.65. The van der Waals surface area contributed by atoms with Crippen molar-refractivity contribution in [3.05, 3.63) is 29.8 Å². The van der Waals surface area contributed by atoms with Crippen LogP contribution in [0.15, 0.2) is 24.3 Å². The van der Waals surface area contributed by atoms with Gasteiger partial charge in [0.25, 0.3) is 0 Å². The van der Waals surface area contributed by atoms with Gasteiger partial charge in [-0.15, -0.1) is 0 Å². The molecule has 1 saturated carbocycles. The number of carbonyl (C=O) groups is 2. The van der Waals surface area contributed by atoms with Gasteiger partial charge in [-0.3, -0.25) is 9.59 Å². The number of carbonyl (C=O) groups excluding carboxylic acids is 2. The summed E-state index contributed by atoms with van der Waals surface area (Å²) in [7, 11) is 0. The highest BCUT2D eigenvalue weighted by Gasteiger charge is 2.40. The summed E-state index contributed by atoms with van der Waals surface area (Å²) in [6, 6.07) is 7.87. The maximum atomic E-state index is 13.0. The Morgan fingerprint density at radius 3 is 2.12 bits per heavy atom. The Kier molecular flexibility index (Phi) is 6.48. The number of amides is 2. The van der Waals surface area contributed by atoms with E-state index in [-0.39, 0.29) is 11.8 Å². The zero-order valence-corrected chi connectivity index (χ0v) is 16.9. The molecule has 0 heterocycles. The van der Waals surface area contributed by atoms with Crippen molar-refractivity contribution in [3.63, 3.8) is 0 Å². The van der Waals surface area contributed by atoms with Crippen LogP contribution in [0.25, 0.3) is 0 Å². The number of anilines is 1. The summed E-state index contributed by atoms with van der Waals surface area (Å²) in [6.07, 6.45) is 5.14. The van der Waals surface area contributed by atoms with Gasteiger partial charge in [-0.05, 0) is 36.5 Å². The molecule has 0 bridgehead atoms. The van der Waals surface area contributed by atoms with Crippen molar-refractivity contribution in [2.75, 3.05) is 11.9 Å². The summed E-state index contributed by atoms with van der Waals surface area (Å²) in [6.45, 7) is 10.6. The highest BCUT2D eigenvalue weighted by molar-refractivity contribution is 5.94. The Morgan fingerprint density at radius 1 is 1.04 bits per heavy atom. The quantitative estimate of drug-likeness (QED) is 0.805. The van der Waals surface area contributed by atoms with E-state index in [0.29, 0.717) is 12.5 Å². The first-order valence-electron chi connectivity index (χ1n) is 9.85. The molecule has 144 valence electrons. The topological polar surface area (TPSA) is 58.2 Å². The molecule has 1 aliphatic carbocycles. The van der Waals surface area contributed by atoms with Gasteiger partial charge >= 0.3 is 0 Å². The van der Waals surface area contributed by atoms with E-state index >= 15 is 0 Å². The smallest absolute Gasteiger partial charge is 0.230 e. The van der Waals surface area contributed by atoms with E-state index in [0.717, 1.165) is 36.9 Å². The fourth-order valence-electron chi connectivity index (χ4n) is 3.46. The molecule has 1 fully saturated rings. The second kappa shape index (κ2) is 8.24. The van der Waals surface area contributed by atoms with E-state index < -0.39 is 10.8 Å². The molecule has 0 radical (unpaired) electrons. The van der Waals surface area contributed by atoms with Gasteiger partial charge in [-0.25, -0.2) is 0 Å². The minimum Gasteiger partial charge on any atom is -0.355 e. The summed E-state index contributed by atoms with van der Waals surface area (Å²) >= 11 is 0. The molecule has 4 nitrogen and oxygen atoms in total. The molecular formula is C22H34N2O2. The van der Waals surface area contributed by atoms with Crippen LogP contribution in [-0.2, 0) is 15.0 Å². The molecule has 0 spiro atoms. The van der Waals surface area contributed by atoms with Crippen molar-refractivity contribution in [3.8, 4) is 0 Å². The molecule has 1 aromatic rings. The lowest BCUT2D eigenvalue weighted by Crippen LogP contribution is -2.46. The number of benzene rings is 1. The van der Waals surface area contributed by atoms with Crippen LogP contribution in [0.3, 0.4) is 0 Å². The van der Waals surface area contributed by atoms with Gasteiger partial charge in [-0.2, -0.15) is 0 Å². The maximum Gasteiger partial charge on any atom is 0.230 e. The van der Waals surface area contributed by atoms with Crippen LogP contribution >= 0.6 is 0 Å². The highest BCUT2D eigenvalue weighted by atomic mass is 16.2. The van der Waals surface area contributed by atoms with E-state index in [1.54, 1.807) is 0 Å². The van der Waals surface area contributed by atoms with Crippen LogP contribution in [-0.4, -0.2) is 18.4 Å². The van der Waals surface area contributed by atoms with Gasteiger partial charge in [0, 0.05) is 17.6 Å². The van der Waals surface area contributed by atoms with E-state index in [1.807, 2.05) is 45.0 Å². The molecule has 0 unspecified atom stereocenters. The van der Waals surface area contributed by atoms with Gasteiger partial charge in [0.1, 0.15) is 0 Å². The van der Waals surface area contributed by atoms with Gasteiger partial charge in [0.2, 0.25) is 11.8 Å². The van der Waals surface area contributed by atoms with Crippen LogP contribution in [0.1, 0.15) is 72.3 Å². The van der Waals surface area contributed by atoms with Crippen molar-refractivity contribution in [2.45, 2.75) is 72.1 Å². The lowest BCUT2D eigenvalue weighted by Gasteiger charge is -2.36. The molecule has 0 saturated heterocycles. The third-order valence-corrected chi connectivity index (χ3v) is 5.19. The first kappa shape index (κ1) is 20.5. The fraction of sp³-hybridized carbons (Fsp3) is 0.636. The Balaban J connectivity index is 2.20. The lowest BCUT2D eigenvalue weighted by molar-refractivity contribution is -0.128. The molecule has 4 heteroatoms. The third kappa shape index (κ3) is 4.87. The summed E-state index contributed by atoms with van der Waals surface area (Å²) in [4.78, 5) is 25.2. The predicted molar refractivity (Wildman–Crippen MR) is 107 cm³/mol. The number of hydrogen-bond acceptors (Lipinski definition) is 2. The second-order valence-electron chi connectivity index (χ2n) is 9.03. The van der Waals surface area contributed by atoms with E-state index in [9.17, 15) is 9.59 Å². The molecular weight excluding hydrogens is 324 g/mol. The van der Waals surface area contributed by atoms with Crippen molar-refractivity contribution in [2.24, 2.45) is 11.3 Å². The van der Waals surface area contributed by atoms with Crippen LogP contribution < -0.4 is 10.6 Å². The van der Waals surface area contributed by atoms with E-state index in [4.69, 9.17) is 0 Å². The summed E-state index contributed by atoms with van der Waals surface area (Å²) < 4.78 is 0. The fourth-order valence-corrected chi connectivity index (χ4v) is 3.46. The number of hydrogen-bond donors (Lipinski definition) is 2. The van der Waals surface area contributed by atoms with Crippen LogP contribution in [0.4, 0.5) is 5.69 Å². The van der Waals surface area contributed by atoms with Crippen molar-refractivity contribution in [1.29, 1.82) is 0 Å². The zero-order valence-electron chi connectivity index (χ0n) is 16.9. The molecule has 26 heavy (non-hydrogen) atoms. The highest BCUT2D eigenvalue weighted by Crippen LogP contribution is 2.40. The first-order chi connectivity index (χ1) is 12.1. The molecule has 2 rings (SSSR count). The Bertz CT molecular complexity index is 621. The summed E-state index contributed by atoms with van der Waals surface area (Å²) in [5.41, 5.74) is 0.981. The number of nitrogens with one attached hydrogen (secondary N) is 2. The molecule has 0 aromatic heterocycles. The van der Waals surface area contributed by atoms with E-state index in [1.165, 1.54) is 6.42 Å². The SMILES string of the molecule is CC(C)CNC(=O)C1(c2ccc(NC(=O)C(C)(C)C)cc2)CCCCC1. The molecule has 2 N–H and O–H groups in total. The lowest BCUT2D eigenvalue weighted by atomic mass is 9.68. The molecule has 0 aliphatic heterocycles. The van der Waals surface area contributed by atoms with Gasteiger partial charge < -0.3 is 10.6 Å². The Hall–Kier alpha value is -1.84. The number of rotatable bonds is 5. The maximum absolute atomic E-state index is 13.0. The van der Waals surface area contributed by atoms with Crippen molar-refractivity contribution < 1.29 is 9.59 Å². The zero-order chi connectivity index (χ0) is 19.4. The largest absolute Gasteiger partial charge is 0.355 e. The molecule has 0 atom stereocenters.